The predicted molar refractivity (Wildman–Crippen MR) is 67.0 cm³/mol. The van der Waals surface area contributed by atoms with E-state index in [1.54, 1.807) is 0 Å². The van der Waals surface area contributed by atoms with E-state index in [0.29, 0.717) is 18.5 Å². The van der Waals surface area contributed by atoms with E-state index < -0.39 is 5.41 Å². The fourth-order valence-corrected chi connectivity index (χ4v) is 1.71. The van der Waals surface area contributed by atoms with Gasteiger partial charge in [-0.25, -0.2) is 0 Å². The van der Waals surface area contributed by atoms with E-state index >= 15 is 0 Å². The minimum Gasteiger partial charge on any atom is -0.339 e. The van der Waals surface area contributed by atoms with Gasteiger partial charge in [0.05, 0.1) is 5.41 Å². The highest BCUT2D eigenvalue weighted by molar-refractivity contribution is 5.82. The molecule has 0 aliphatic heterocycles. The van der Waals surface area contributed by atoms with E-state index in [4.69, 9.17) is 5.73 Å². The molecule has 3 heteroatoms. The summed E-state index contributed by atoms with van der Waals surface area (Å²) >= 11 is 0. The first-order valence-corrected chi connectivity index (χ1v) is 6.39. The van der Waals surface area contributed by atoms with Crippen LogP contribution in [0.5, 0.6) is 0 Å². The monoisotopic (exact) mass is 226 g/mol. The molecule has 0 aromatic carbocycles. The summed E-state index contributed by atoms with van der Waals surface area (Å²) in [5.74, 6) is 0.883. The highest BCUT2D eigenvalue weighted by Crippen LogP contribution is 2.31. The van der Waals surface area contributed by atoms with Gasteiger partial charge >= 0.3 is 0 Å². The molecular weight excluding hydrogens is 200 g/mol. The Hall–Kier alpha value is -0.570. The lowest BCUT2D eigenvalue weighted by molar-refractivity contribution is -0.140. The van der Waals surface area contributed by atoms with Crippen LogP contribution >= 0.6 is 0 Å². The van der Waals surface area contributed by atoms with Crippen molar-refractivity contribution in [2.75, 3.05) is 13.1 Å². The third-order valence-electron chi connectivity index (χ3n) is 3.29. The van der Waals surface area contributed by atoms with Crippen LogP contribution in [0.25, 0.3) is 0 Å². The van der Waals surface area contributed by atoms with E-state index in [0.717, 1.165) is 13.0 Å². The van der Waals surface area contributed by atoms with Crippen molar-refractivity contribution in [3.05, 3.63) is 0 Å². The van der Waals surface area contributed by atoms with Crippen LogP contribution < -0.4 is 5.73 Å². The summed E-state index contributed by atoms with van der Waals surface area (Å²) in [6.07, 6.45) is 3.43. The lowest BCUT2D eigenvalue weighted by atomic mass is 9.91. The molecule has 0 aromatic rings. The van der Waals surface area contributed by atoms with Gasteiger partial charge in [0.25, 0.3) is 0 Å². The van der Waals surface area contributed by atoms with Gasteiger partial charge < -0.3 is 10.6 Å². The second kappa shape index (κ2) is 5.17. The van der Waals surface area contributed by atoms with E-state index in [9.17, 15) is 4.79 Å². The summed E-state index contributed by atoms with van der Waals surface area (Å²) < 4.78 is 0. The standard InChI is InChI=1S/C13H26N2O/c1-10(2)7-8-15(11-5-6-11)12(16)13(3,4)9-14/h10-11H,5-9,14H2,1-4H3. The number of carbonyl (C=O) groups is 1. The first kappa shape index (κ1) is 13.5. The molecule has 94 valence electrons. The molecule has 0 unspecified atom stereocenters. The predicted octanol–water partition coefficient (Wildman–Crippen LogP) is 2.01. The van der Waals surface area contributed by atoms with Crippen molar-refractivity contribution in [1.29, 1.82) is 0 Å². The molecule has 16 heavy (non-hydrogen) atoms. The van der Waals surface area contributed by atoms with Crippen LogP contribution in [0.3, 0.4) is 0 Å². The van der Waals surface area contributed by atoms with E-state index in [2.05, 4.69) is 18.7 Å². The molecule has 0 spiro atoms. The quantitative estimate of drug-likeness (QED) is 0.753. The maximum atomic E-state index is 12.3. The third kappa shape index (κ3) is 3.48. The maximum absolute atomic E-state index is 12.3. The third-order valence-corrected chi connectivity index (χ3v) is 3.29. The lowest BCUT2D eigenvalue weighted by Gasteiger charge is -2.31. The van der Waals surface area contributed by atoms with Crippen molar-refractivity contribution in [1.82, 2.24) is 4.90 Å². The zero-order valence-corrected chi connectivity index (χ0v) is 11.1. The summed E-state index contributed by atoms with van der Waals surface area (Å²) in [6, 6.07) is 0.497. The molecule has 1 aliphatic carbocycles. The number of rotatable bonds is 6. The second-order valence-corrected chi connectivity index (χ2v) is 6.00. The van der Waals surface area contributed by atoms with Crippen LogP contribution in [-0.4, -0.2) is 29.9 Å². The lowest BCUT2D eigenvalue weighted by Crippen LogP contribution is -2.46. The zero-order chi connectivity index (χ0) is 12.3. The van der Waals surface area contributed by atoms with Gasteiger partial charge in [-0.1, -0.05) is 13.8 Å². The Morgan fingerprint density at radius 3 is 2.38 bits per heavy atom. The van der Waals surface area contributed by atoms with Crippen molar-refractivity contribution < 1.29 is 4.79 Å². The minimum atomic E-state index is -0.403. The van der Waals surface area contributed by atoms with Crippen molar-refractivity contribution in [3.63, 3.8) is 0 Å². The molecule has 1 saturated carbocycles. The number of nitrogens with zero attached hydrogens (tertiary/aromatic N) is 1. The normalized spacial score (nSPS) is 16.6. The molecule has 1 amide bonds. The van der Waals surface area contributed by atoms with Gasteiger partial charge in [-0.3, -0.25) is 4.79 Å². The van der Waals surface area contributed by atoms with Gasteiger partial charge in [0.15, 0.2) is 0 Å². The Kier molecular flexibility index (Phi) is 4.36. The number of hydrogen-bond acceptors (Lipinski definition) is 2. The highest BCUT2D eigenvalue weighted by Gasteiger charge is 2.38. The van der Waals surface area contributed by atoms with Crippen molar-refractivity contribution in [2.45, 2.75) is 53.0 Å². The smallest absolute Gasteiger partial charge is 0.229 e. The first-order valence-electron chi connectivity index (χ1n) is 6.39. The van der Waals surface area contributed by atoms with Gasteiger partial charge in [-0.15, -0.1) is 0 Å². The van der Waals surface area contributed by atoms with Crippen LogP contribution in [0.4, 0.5) is 0 Å². The summed E-state index contributed by atoms with van der Waals surface area (Å²) in [5.41, 5.74) is 5.27. The molecule has 0 bridgehead atoms. The highest BCUT2D eigenvalue weighted by atomic mass is 16.2. The Morgan fingerprint density at radius 1 is 1.44 bits per heavy atom. The van der Waals surface area contributed by atoms with Gasteiger partial charge in [0, 0.05) is 19.1 Å². The van der Waals surface area contributed by atoms with E-state index in [-0.39, 0.29) is 5.91 Å². The molecule has 0 aromatic heterocycles. The molecule has 3 nitrogen and oxygen atoms in total. The second-order valence-electron chi connectivity index (χ2n) is 6.00. The summed E-state index contributed by atoms with van der Waals surface area (Å²) in [5, 5.41) is 0. The largest absolute Gasteiger partial charge is 0.339 e. The molecule has 0 heterocycles. The number of hydrogen-bond donors (Lipinski definition) is 1. The molecule has 0 saturated heterocycles. The molecule has 0 radical (unpaired) electrons. The Labute approximate surface area is 99.4 Å². The van der Waals surface area contributed by atoms with Gasteiger partial charge in [-0.2, -0.15) is 0 Å². The Morgan fingerprint density at radius 2 is 2.00 bits per heavy atom. The van der Waals surface area contributed by atoms with Crippen molar-refractivity contribution in [3.8, 4) is 0 Å². The summed E-state index contributed by atoms with van der Waals surface area (Å²) in [6.45, 7) is 9.61. The molecule has 2 N–H and O–H groups in total. The average molecular weight is 226 g/mol. The minimum absolute atomic E-state index is 0.234. The van der Waals surface area contributed by atoms with Crippen LogP contribution in [0.1, 0.15) is 47.0 Å². The molecule has 1 rings (SSSR count). The summed E-state index contributed by atoms with van der Waals surface area (Å²) in [4.78, 5) is 14.4. The van der Waals surface area contributed by atoms with Crippen LogP contribution in [0.15, 0.2) is 0 Å². The van der Waals surface area contributed by atoms with E-state index in [1.807, 2.05) is 13.8 Å². The molecule has 1 aliphatic rings. The average Bonchev–Trinajstić information content (AvgIpc) is 3.01. The number of nitrogens with two attached hydrogens (primary N) is 1. The Balaban J connectivity index is 2.59. The fraction of sp³-hybridized carbons (Fsp3) is 0.923. The first-order chi connectivity index (χ1) is 7.38. The van der Waals surface area contributed by atoms with E-state index in [1.165, 1.54) is 12.8 Å². The van der Waals surface area contributed by atoms with Crippen LogP contribution in [-0.2, 0) is 4.79 Å². The Bertz CT molecular complexity index is 244. The van der Waals surface area contributed by atoms with Gasteiger partial charge in [0.2, 0.25) is 5.91 Å². The van der Waals surface area contributed by atoms with Crippen molar-refractivity contribution >= 4 is 5.91 Å². The number of carbonyl (C=O) groups excluding carboxylic acids is 1. The maximum Gasteiger partial charge on any atom is 0.229 e. The molecular formula is C13H26N2O. The zero-order valence-electron chi connectivity index (χ0n) is 11.1. The van der Waals surface area contributed by atoms with Gasteiger partial charge in [-0.05, 0) is 39.0 Å². The summed E-state index contributed by atoms with van der Waals surface area (Å²) in [7, 11) is 0. The topological polar surface area (TPSA) is 46.3 Å². The van der Waals surface area contributed by atoms with Crippen LogP contribution in [0.2, 0.25) is 0 Å². The number of amides is 1. The SMILES string of the molecule is CC(C)CCN(C(=O)C(C)(C)CN)C1CC1. The van der Waals surface area contributed by atoms with Crippen LogP contribution in [0, 0.1) is 11.3 Å². The fourth-order valence-electron chi connectivity index (χ4n) is 1.71. The van der Waals surface area contributed by atoms with Gasteiger partial charge in [0.1, 0.15) is 0 Å². The molecule has 0 atom stereocenters. The molecule has 1 fully saturated rings. The van der Waals surface area contributed by atoms with Crippen molar-refractivity contribution in [2.24, 2.45) is 17.1 Å².